The normalized spacial score (nSPS) is 13.2. The van der Waals surface area contributed by atoms with E-state index in [0.717, 1.165) is 29.7 Å². The van der Waals surface area contributed by atoms with Crippen LogP contribution in [0.2, 0.25) is 5.02 Å². The summed E-state index contributed by atoms with van der Waals surface area (Å²) in [7, 11) is 0. The van der Waals surface area contributed by atoms with Crippen molar-refractivity contribution in [3.63, 3.8) is 0 Å². The van der Waals surface area contributed by atoms with E-state index in [-0.39, 0.29) is 11.7 Å². The maximum absolute atomic E-state index is 13.6. The first-order valence-corrected chi connectivity index (χ1v) is 11.9. The number of thioether (sulfide) groups is 1. The van der Waals surface area contributed by atoms with Crippen LogP contribution in [-0.2, 0) is 5.75 Å². The number of hydrogen-bond acceptors (Lipinski definition) is 4. The van der Waals surface area contributed by atoms with E-state index in [9.17, 15) is 9.18 Å². The van der Waals surface area contributed by atoms with E-state index in [1.807, 2.05) is 47.0 Å². The van der Waals surface area contributed by atoms with Crippen molar-refractivity contribution in [3.05, 3.63) is 94.8 Å². The van der Waals surface area contributed by atoms with Gasteiger partial charge in [-0.2, -0.15) is 0 Å². The Labute approximate surface area is 200 Å². The van der Waals surface area contributed by atoms with Crippen LogP contribution in [-0.4, -0.2) is 26.7 Å². The summed E-state index contributed by atoms with van der Waals surface area (Å²) in [6.45, 7) is 0. The molecule has 0 radical (unpaired) electrons. The standard InChI is InChI=1S/C25H20ClFN4OS/c26-22-4-2-1-3-21(22)23-29-30-25(31(23)20-13-9-18(27)10-14-20)33-15-16-5-7-17(8-6-16)24(32)28-19-11-12-19/h1-10,13-14,19H,11-12,15H2,(H,28,32). The summed E-state index contributed by atoms with van der Waals surface area (Å²) in [6.07, 6.45) is 2.12. The highest BCUT2D eigenvalue weighted by atomic mass is 35.5. The maximum atomic E-state index is 13.6. The second-order valence-electron chi connectivity index (χ2n) is 7.83. The molecule has 1 aliphatic rings. The summed E-state index contributed by atoms with van der Waals surface area (Å²) in [5, 5.41) is 13.0. The average Bonchev–Trinajstić information content (AvgIpc) is 3.55. The molecule has 33 heavy (non-hydrogen) atoms. The Bertz CT molecular complexity index is 1290. The largest absolute Gasteiger partial charge is 0.349 e. The summed E-state index contributed by atoms with van der Waals surface area (Å²) in [5.74, 6) is 0.872. The van der Waals surface area contributed by atoms with Crippen LogP contribution in [0.4, 0.5) is 4.39 Å². The van der Waals surface area contributed by atoms with E-state index in [2.05, 4.69) is 15.5 Å². The minimum atomic E-state index is -0.314. The SMILES string of the molecule is O=C(NC1CC1)c1ccc(CSc2nnc(-c3ccccc3Cl)n2-c2ccc(F)cc2)cc1. The zero-order chi connectivity index (χ0) is 22.8. The van der Waals surface area contributed by atoms with Crippen LogP contribution in [0.25, 0.3) is 17.1 Å². The van der Waals surface area contributed by atoms with Crippen LogP contribution in [0.1, 0.15) is 28.8 Å². The molecule has 0 atom stereocenters. The van der Waals surface area contributed by atoms with Gasteiger partial charge >= 0.3 is 0 Å². The van der Waals surface area contributed by atoms with E-state index in [1.54, 1.807) is 18.2 Å². The third kappa shape index (κ3) is 4.94. The predicted octanol–water partition coefficient (Wildman–Crippen LogP) is 5.91. The Morgan fingerprint density at radius 2 is 1.76 bits per heavy atom. The maximum Gasteiger partial charge on any atom is 0.251 e. The summed E-state index contributed by atoms with van der Waals surface area (Å²) < 4.78 is 15.4. The number of nitrogens with zero attached hydrogens (tertiary/aromatic N) is 3. The molecular formula is C25H20ClFN4OS. The number of rotatable bonds is 7. The Morgan fingerprint density at radius 1 is 1.03 bits per heavy atom. The number of hydrogen-bond donors (Lipinski definition) is 1. The first-order chi connectivity index (χ1) is 16.1. The number of carbonyl (C=O) groups is 1. The molecule has 0 aliphatic heterocycles. The lowest BCUT2D eigenvalue weighted by Crippen LogP contribution is -2.25. The van der Waals surface area contributed by atoms with E-state index >= 15 is 0 Å². The number of benzene rings is 3. The molecule has 1 saturated carbocycles. The molecule has 8 heteroatoms. The third-order valence-corrected chi connectivity index (χ3v) is 6.66. The van der Waals surface area contributed by atoms with Gasteiger partial charge in [-0.15, -0.1) is 10.2 Å². The van der Waals surface area contributed by atoms with Crippen LogP contribution in [0.5, 0.6) is 0 Å². The first kappa shape index (κ1) is 21.7. The van der Waals surface area contributed by atoms with Gasteiger partial charge in [0.25, 0.3) is 5.91 Å². The van der Waals surface area contributed by atoms with E-state index in [4.69, 9.17) is 11.6 Å². The van der Waals surface area contributed by atoms with Crippen molar-refractivity contribution in [3.8, 4) is 17.1 Å². The monoisotopic (exact) mass is 478 g/mol. The molecule has 1 aliphatic carbocycles. The molecule has 5 nitrogen and oxygen atoms in total. The second kappa shape index (κ2) is 9.37. The van der Waals surface area contributed by atoms with Crippen LogP contribution in [0.15, 0.2) is 78.0 Å². The van der Waals surface area contributed by atoms with Gasteiger partial charge in [0, 0.05) is 28.6 Å². The lowest BCUT2D eigenvalue weighted by atomic mass is 10.1. The Balaban J connectivity index is 1.40. The Hall–Kier alpha value is -3.16. The second-order valence-corrected chi connectivity index (χ2v) is 9.18. The van der Waals surface area contributed by atoms with Gasteiger partial charge in [0.05, 0.1) is 5.02 Å². The highest BCUT2D eigenvalue weighted by Gasteiger charge is 2.23. The highest BCUT2D eigenvalue weighted by molar-refractivity contribution is 7.98. The summed E-state index contributed by atoms with van der Waals surface area (Å²) in [4.78, 5) is 12.2. The number of aromatic nitrogens is 3. The zero-order valence-corrected chi connectivity index (χ0v) is 19.1. The van der Waals surface area contributed by atoms with Gasteiger partial charge in [-0.3, -0.25) is 9.36 Å². The van der Waals surface area contributed by atoms with Crippen molar-refractivity contribution >= 4 is 29.3 Å². The first-order valence-electron chi connectivity index (χ1n) is 10.6. The lowest BCUT2D eigenvalue weighted by molar-refractivity contribution is 0.0951. The molecule has 0 bridgehead atoms. The molecular weight excluding hydrogens is 459 g/mol. The molecule has 3 aromatic carbocycles. The lowest BCUT2D eigenvalue weighted by Gasteiger charge is -2.11. The number of nitrogens with one attached hydrogen (secondary N) is 1. The summed E-state index contributed by atoms with van der Waals surface area (Å²) in [5.41, 5.74) is 3.20. The topological polar surface area (TPSA) is 59.8 Å². The van der Waals surface area contributed by atoms with Crippen molar-refractivity contribution in [2.75, 3.05) is 0 Å². The van der Waals surface area contributed by atoms with Crippen LogP contribution in [0, 0.1) is 5.82 Å². The highest BCUT2D eigenvalue weighted by Crippen LogP contribution is 2.33. The van der Waals surface area contributed by atoms with Gasteiger partial charge in [-0.1, -0.05) is 47.6 Å². The number of halogens is 2. The van der Waals surface area contributed by atoms with Crippen molar-refractivity contribution < 1.29 is 9.18 Å². The number of amides is 1. The fraction of sp³-hybridized carbons (Fsp3) is 0.160. The van der Waals surface area contributed by atoms with Crippen molar-refractivity contribution in [2.24, 2.45) is 0 Å². The molecule has 5 rings (SSSR count). The zero-order valence-electron chi connectivity index (χ0n) is 17.5. The van der Waals surface area contributed by atoms with Crippen molar-refractivity contribution in [2.45, 2.75) is 29.8 Å². The molecule has 0 spiro atoms. The average molecular weight is 479 g/mol. The minimum Gasteiger partial charge on any atom is -0.349 e. The van der Waals surface area contributed by atoms with E-state index in [1.165, 1.54) is 23.9 Å². The molecule has 1 amide bonds. The molecule has 1 fully saturated rings. The summed E-state index contributed by atoms with van der Waals surface area (Å²) >= 11 is 7.93. The molecule has 1 aromatic heterocycles. The Kier molecular flexibility index (Phi) is 6.15. The van der Waals surface area contributed by atoms with Crippen LogP contribution >= 0.6 is 23.4 Å². The van der Waals surface area contributed by atoms with Crippen LogP contribution in [0.3, 0.4) is 0 Å². The van der Waals surface area contributed by atoms with Gasteiger partial charge in [-0.25, -0.2) is 4.39 Å². The van der Waals surface area contributed by atoms with Gasteiger partial charge < -0.3 is 5.32 Å². The van der Waals surface area contributed by atoms with Crippen molar-refractivity contribution in [1.29, 1.82) is 0 Å². The Morgan fingerprint density at radius 3 is 2.45 bits per heavy atom. The third-order valence-electron chi connectivity index (χ3n) is 5.33. The van der Waals surface area contributed by atoms with Gasteiger partial charge in [0.2, 0.25) is 0 Å². The minimum absolute atomic E-state index is 0.0304. The molecule has 0 unspecified atom stereocenters. The smallest absolute Gasteiger partial charge is 0.251 e. The summed E-state index contributed by atoms with van der Waals surface area (Å²) in [6, 6.07) is 21.5. The predicted molar refractivity (Wildman–Crippen MR) is 128 cm³/mol. The van der Waals surface area contributed by atoms with Crippen LogP contribution < -0.4 is 5.32 Å². The van der Waals surface area contributed by atoms with Gasteiger partial charge in [0.1, 0.15) is 5.82 Å². The van der Waals surface area contributed by atoms with Gasteiger partial charge in [-0.05, 0) is 66.9 Å². The van der Waals surface area contributed by atoms with E-state index in [0.29, 0.717) is 33.4 Å². The van der Waals surface area contributed by atoms with E-state index < -0.39 is 0 Å². The fourth-order valence-electron chi connectivity index (χ4n) is 3.40. The molecule has 4 aromatic rings. The van der Waals surface area contributed by atoms with Gasteiger partial charge in [0.15, 0.2) is 11.0 Å². The quantitative estimate of drug-likeness (QED) is 0.335. The number of carbonyl (C=O) groups excluding carboxylic acids is 1. The molecule has 1 N–H and O–H groups in total. The molecule has 1 heterocycles. The molecule has 0 saturated heterocycles. The fourth-order valence-corrected chi connectivity index (χ4v) is 4.53. The molecule has 166 valence electrons. The van der Waals surface area contributed by atoms with Crippen molar-refractivity contribution in [1.82, 2.24) is 20.1 Å².